The summed E-state index contributed by atoms with van der Waals surface area (Å²) in [4.78, 5) is 14.8. The molecule has 0 fully saturated rings. The van der Waals surface area contributed by atoms with E-state index in [1.54, 1.807) is 12.4 Å². The molecule has 1 rings (SSSR count). The Bertz CT molecular complexity index is 325. The van der Waals surface area contributed by atoms with E-state index in [0.29, 0.717) is 5.02 Å². The van der Waals surface area contributed by atoms with E-state index in [1.165, 1.54) is 7.11 Å². The lowest BCUT2D eigenvalue weighted by molar-refractivity contribution is -0.139. The van der Waals surface area contributed by atoms with E-state index >= 15 is 0 Å². The summed E-state index contributed by atoms with van der Waals surface area (Å²) in [6.45, 7) is 1.85. The summed E-state index contributed by atoms with van der Waals surface area (Å²) in [7, 11) is 1.36. The van der Waals surface area contributed by atoms with Crippen molar-refractivity contribution >= 4 is 17.6 Å². The van der Waals surface area contributed by atoms with Gasteiger partial charge >= 0.3 is 5.97 Å². The van der Waals surface area contributed by atoms with E-state index < -0.39 is 0 Å². The lowest BCUT2D eigenvalue weighted by Gasteiger charge is -2.04. The Morgan fingerprint density at radius 3 is 2.92 bits per heavy atom. The van der Waals surface area contributed by atoms with Crippen LogP contribution in [0.3, 0.4) is 0 Å². The molecule has 0 aromatic carbocycles. The van der Waals surface area contributed by atoms with E-state index in [-0.39, 0.29) is 12.4 Å². The molecule has 3 nitrogen and oxygen atoms in total. The molecule has 0 amide bonds. The van der Waals surface area contributed by atoms with Crippen LogP contribution < -0.4 is 0 Å². The number of halogens is 1. The molecule has 0 aliphatic carbocycles. The van der Waals surface area contributed by atoms with Crippen LogP contribution >= 0.6 is 11.6 Å². The number of carbonyl (C=O) groups excluding carboxylic acids is 1. The van der Waals surface area contributed by atoms with Gasteiger partial charge in [-0.1, -0.05) is 11.6 Å². The maximum absolute atomic E-state index is 11.0. The minimum Gasteiger partial charge on any atom is -0.469 e. The standard InChI is InChI=1S/C9H10ClNO2/c1-6-7(3-9(12)13-2)4-11-5-8(6)10/h4-5H,3H2,1-2H3. The third-order valence-corrected chi connectivity index (χ3v) is 2.20. The summed E-state index contributed by atoms with van der Waals surface area (Å²) < 4.78 is 4.54. The van der Waals surface area contributed by atoms with E-state index in [2.05, 4.69) is 9.72 Å². The smallest absolute Gasteiger partial charge is 0.310 e. The third kappa shape index (κ3) is 2.42. The molecule has 0 aliphatic heterocycles. The molecule has 4 heteroatoms. The van der Waals surface area contributed by atoms with Gasteiger partial charge in [0.05, 0.1) is 18.6 Å². The van der Waals surface area contributed by atoms with Crippen LogP contribution in [0.4, 0.5) is 0 Å². The minimum atomic E-state index is -0.285. The van der Waals surface area contributed by atoms with Crippen molar-refractivity contribution in [2.75, 3.05) is 7.11 Å². The summed E-state index contributed by atoms with van der Waals surface area (Å²) >= 11 is 5.83. The summed E-state index contributed by atoms with van der Waals surface area (Å²) in [5.74, 6) is -0.285. The van der Waals surface area contributed by atoms with Crippen LogP contribution in [0.1, 0.15) is 11.1 Å². The highest BCUT2D eigenvalue weighted by atomic mass is 35.5. The topological polar surface area (TPSA) is 39.2 Å². The molecule has 0 aliphatic rings. The van der Waals surface area contributed by atoms with Crippen molar-refractivity contribution in [3.63, 3.8) is 0 Å². The van der Waals surface area contributed by atoms with E-state index in [0.717, 1.165) is 11.1 Å². The normalized spacial score (nSPS) is 9.77. The summed E-state index contributed by atoms with van der Waals surface area (Å²) in [5.41, 5.74) is 1.68. The van der Waals surface area contributed by atoms with Crippen LogP contribution in [-0.4, -0.2) is 18.1 Å². The summed E-state index contributed by atoms with van der Waals surface area (Å²) in [6, 6.07) is 0. The number of nitrogens with zero attached hydrogens (tertiary/aromatic N) is 1. The third-order valence-electron chi connectivity index (χ3n) is 1.82. The summed E-state index contributed by atoms with van der Waals surface area (Å²) in [6.07, 6.45) is 3.39. The number of pyridine rings is 1. The number of aromatic nitrogens is 1. The van der Waals surface area contributed by atoms with Crippen molar-refractivity contribution in [2.24, 2.45) is 0 Å². The fourth-order valence-corrected chi connectivity index (χ4v) is 1.12. The van der Waals surface area contributed by atoms with Crippen LogP contribution in [0.15, 0.2) is 12.4 Å². The second-order valence-corrected chi connectivity index (χ2v) is 3.07. The monoisotopic (exact) mass is 199 g/mol. The zero-order valence-electron chi connectivity index (χ0n) is 7.50. The molecular formula is C9H10ClNO2. The van der Waals surface area contributed by atoms with E-state index in [1.807, 2.05) is 6.92 Å². The number of hydrogen-bond acceptors (Lipinski definition) is 3. The van der Waals surface area contributed by atoms with Gasteiger partial charge in [0.25, 0.3) is 0 Å². The molecule has 0 unspecified atom stereocenters. The van der Waals surface area contributed by atoms with Crippen molar-refractivity contribution < 1.29 is 9.53 Å². The lowest BCUT2D eigenvalue weighted by atomic mass is 10.1. The van der Waals surface area contributed by atoms with Gasteiger partial charge in [-0.25, -0.2) is 0 Å². The van der Waals surface area contributed by atoms with Gasteiger partial charge in [-0.15, -0.1) is 0 Å². The average Bonchev–Trinajstić information content (AvgIpc) is 2.13. The number of rotatable bonds is 2. The fraction of sp³-hybridized carbons (Fsp3) is 0.333. The molecule has 0 spiro atoms. The Morgan fingerprint density at radius 2 is 2.31 bits per heavy atom. The Kier molecular flexibility index (Phi) is 3.25. The van der Waals surface area contributed by atoms with Gasteiger partial charge in [0, 0.05) is 12.4 Å². The Morgan fingerprint density at radius 1 is 1.62 bits per heavy atom. The minimum absolute atomic E-state index is 0.218. The SMILES string of the molecule is COC(=O)Cc1cncc(Cl)c1C. The number of carbonyl (C=O) groups is 1. The van der Waals surface area contributed by atoms with Crippen molar-refractivity contribution in [1.82, 2.24) is 4.98 Å². The first-order valence-electron chi connectivity index (χ1n) is 3.81. The zero-order chi connectivity index (χ0) is 9.84. The van der Waals surface area contributed by atoms with E-state index in [9.17, 15) is 4.79 Å². The van der Waals surface area contributed by atoms with Gasteiger partial charge in [-0.3, -0.25) is 9.78 Å². The first kappa shape index (κ1) is 9.99. The molecule has 0 bridgehead atoms. The van der Waals surface area contributed by atoms with Gasteiger partial charge in [-0.05, 0) is 18.1 Å². The van der Waals surface area contributed by atoms with Crippen LogP contribution in [0.25, 0.3) is 0 Å². The van der Waals surface area contributed by atoms with Crippen molar-refractivity contribution in [3.8, 4) is 0 Å². The number of methoxy groups -OCH3 is 1. The molecular weight excluding hydrogens is 190 g/mol. The Labute approximate surface area is 81.7 Å². The van der Waals surface area contributed by atoms with Crippen LogP contribution in [0, 0.1) is 6.92 Å². The second-order valence-electron chi connectivity index (χ2n) is 2.66. The maximum Gasteiger partial charge on any atom is 0.310 e. The van der Waals surface area contributed by atoms with Gasteiger partial charge in [-0.2, -0.15) is 0 Å². The van der Waals surface area contributed by atoms with Crippen LogP contribution in [0.5, 0.6) is 0 Å². The molecule has 1 aromatic rings. The van der Waals surface area contributed by atoms with Crippen molar-refractivity contribution in [3.05, 3.63) is 28.5 Å². The van der Waals surface area contributed by atoms with Gasteiger partial charge in [0.1, 0.15) is 0 Å². The van der Waals surface area contributed by atoms with Gasteiger partial charge in [0.2, 0.25) is 0 Å². The second kappa shape index (κ2) is 4.23. The Hall–Kier alpha value is -1.09. The van der Waals surface area contributed by atoms with Crippen LogP contribution in [-0.2, 0) is 16.0 Å². The molecule has 13 heavy (non-hydrogen) atoms. The maximum atomic E-state index is 11.0. The number of hydrogen-bond donors (Lipinski definition) is 0. The molecule has 1 aromatic heterocycles. The molecule has 0 saturated heterocycles. The lowest BCUT2D eigenvalue weighted by Crippen LogP contribution is -2.06. The quantitative estimate of drug-likeness (QED) is 0.682. The first-order valence-corrected chi connectivity index (χ1v) is 4.18. The van der Waals surface area contributed by atoms with E-state index in [4.69, 9.17) is 11.6 Å². The summed E-state index contributed by atoms with van der Waals surface area (Å²) in [5, 5.41) is 0.571. The van der Waals surface area contributed by atoms with Gasteiger partial charge < -0.3 is 4.74 Å². The molecule has 0 radical (unpaired) electrons. The van der Waals surface area contributed by atoms with Crippen molar-refractivity contribution in [1.29, 1.82) is 0 Å². The van der Waals surface area contributed by atoms with Gasteiger partial charge in [0.15, 0.2) is 0 Å². The zero-order valence-corrected chi connectivity index (χ0v) is 8.26. The first-order chi connectivity index (χ1) is 6.15. The highest BCUT2D eigenvalue weighted by Crippen LogP contribution is 2.17. The molecule has 0 saturated carbocycles. The predicted molar refractivity (Wildman–Crippen MR) is 49.7 cm³/mol. The highest BCUT2D eigenvalue weighted by Gasteiger charge is 2.07. The molecule has 70 valence electrons. The van der Waals surface area contributed by atoms with Crippen molar-refractivity contribution in [2.45, 2.75) is 13.3 Å². The van der Waals surface area contributed by atoms with Crippen LogP contribution in [0.2, 0.25) is 5.02 Å². The molecule has 0 N–H and O–H groups in total. The highest BCUT2D eigenvalue weighted by molar-refractivity contribution is 6.31. The average molecular weight is 200 g/mol. The predicted octanol–water partition coefficient (Wildman–Crippen LogP) is 1.76. The fourth-order valence-electron chi connectivity index (χ4n) is 0.946. The molecule has 1 heterocycles. The largest absolute Gasteiger partial charge is 0.469 e. The number of esters is 1. The molecule has 0 atom stereocenters. The Balaban J connectivity index is 2.89. The number of ether oxygens (including phenoxy) is 1.